The van der Waals surface area contributed by atoms with Crippen LogP contribution in [0, 0.1) is 11.6 Å². The van der Waals surface area contributed by atoms with Gasteiger partial charge in [0, 0.05) is 29.7 Å². The molecule has 1 fully saturated rings. The zero-order chi connectivity index (χ0) is 23.7. The van der Waals surface area contributed by atoms with E-state index in [9.17, 15) is 23.5 Å². The maximum absolute atomic E-state index is 14.0. The number of hydrogen-bond donors (Lipinski definition) is 1. The summed E-state index contributed by atoms with van der Waals surface area (Å²) in [5.41, 5.74) is 0.534. The Kier molecular flexibility index (Phi) is 5.91. The van der Waals surface area contributed by atoms with Crippen LogP contribution in [0.15, 0.2) is 72.6 Å². The van der Waals surface area contributed by atoms with Crippen molar-refractivity contribution in [2.24, 2.45) is 0 Å². The first kappa shape index (κ1) is 22.1. The normalized spacial score (nSPS) is 17.6. The van der Waals surface area contributed by atoms with Crippen LogP contribution in [0.25, 0.3) is 5.76 Å². The molecule has 1 aromatic heterocycles. The van der Waals surface area contributed by atoms with Gasteiger partial charge in [0.2, 0.25) is 0 Å². The lowest BCUT2D eigenvalue weighted by Crippen LogP contribution is -2.29. The molecule has 3 aromatic rings. The Hall–Kier alpha value is -4.07. The smallest absolute Gasteiger partial charge is 0.300 e. The van der Waals surface area contributed by atoms with E-state index in [4.69, 9.17) is 4.74 Å². The van der Waals surface area contributed by atoms with E-state index in [1.54, 1.807) is 36.4 Å². The summed E-state index contributed by atoms with van der Waals surface area (Å²) < 4.78 is 33.2. The van der Waals surface area contributed by atoms with Gasteiger partial charge < -0.3 is 9.84 Å². The number of pyridine rings is 1. The number of ketones is 1. The Morgan fingerprint density at radius 3 is 2.42 bits per heavy atom. The molecule has 6 nitrogen and oxygen atoms in total. The average molecular weight is 450 g/mol. The van der Waals surface area contributed by atoms with E-state index in [2.05, 4.69) is 4.98 Å². The summed E-state index contributed by atoms with van der Waals surface area (Å²) >= 11 is 0. The lowest BCUT2D eigenvalue weighted by molar-refractivity contribution is -0.132. The highest BCUT2D eigenvalue weighted by Gasteiger charge is 2.47. The van der Waals surface area contributed by atoms with Crippen molar-refractivity contribution in [3.05, 3.63) is 95.3 Å². The number of amides is 1. The lowest BCUT2D eigenvalue weighted by atomic mass is 9.95. The second kappa shape index (κ2) is 8.82. The SMILES string of the molecule is CC(C)Oc1cccc(/C(O)=C2\C(=O)C(=O)N(c3ccc(F)c(F)c3)C2c2ccncc2)c1. The number of aromatic nitrogens is 1. The van der Waals surface area contributed by atoms with E-state index in [1.165, 1.54) is 18.5 Å². The predicted octanol–water partition coefficient (Wildman–Crippen LogP) is 4.77. The summed E-state index contributed by atoms with van der Waals surface area (Å²) in [6, 6.07) is 11.5. The first-order valence-electron chi connectivity index (χ1n) is 10.2. The summed E-state index contributed by atoms with van der Waals surface area (Å²) in [6.07, 6.45) is 2.83. The van der Waals surface area contributed by atoms with E-state index >= 15 is 0 Å². The molecule has 1 atom stereocenters. The van der Waals surface area contributed by atoms with Crippen LogP contribution in [-0.4, -0.2) is 27.9 Å². The molecule has 1 saturated heterocycles. The van der Waals surface area contributed by atoms with Crippen molar-refractivity contribution in [2.45, 2.75) is 26.0 Å². The monoisotopic (exact) mass is 450 g/mol. The van der Waals surface area contributed by atoms with Crippen molar-refractivity contribution in [1.29, 1.82) is 0 Å². The third-order valence-electron chi connectivity index (χ3n) is 5.13. The third-order valence-corrected chi connectivity index (χ3v) is 5.13. The van der Waals surface area contributed by atoms with Gasteiger partial charge in [-0.15, -0.1) is 0 Å². The molecule has 0 spiro atoms. The molecule has 1 aliphatic heterocycles. The maximum atomic E-state index is 14.0. The summed E-state index contributed by atoms with van der Waals surface area (Å²) in [6.45, 7) is 3.70. The fourth-order valence-corrected chi connectivity index (χ4v) is 3.74. The number of Topliss-reactive ketones (excluding diaryl/α,β-unsaturated/α-hetero) is 1. The Labute approximate surface area is 188 Å². The maximum Gasteiger partial charge on any atom is 0.300 e. The molecule has 8 heteroatoms. The van der Waals surface area contributed by atoms with Crippen LogP contribution in [0.1, 0.15) is 31.0 Å². The molecule has 0 bridgehead atoms. The molecule has 0 radical (unpaired) electrons. The van der Waals surface area contributed by atoms with E-state index < -0.39 is 35.1 Å². The molecule has 33 heavy (non-hydrogen) atoms. The molecule has 2 aromatic carbocycles. The molecule has 1 N–H and O–H groups in total. The van der Waals surface area contributed by atoms with Crippen LogP contribution in [0.3, 0.4) is 0 Å². The van der Waals surface area contributed by atoms with Gasteiger partial charge in [0.25, 0.3) is 11.7 Å². The van der Waals surface area contributed by atoms with E-state index in [1.807, 2.05) is 13.8 Å². The fraction of sp³-hybridized carbons (Fsp3) is 0.160. The number of anilines is 1. The summed E-state index contributed by atoms with van der Waals surface area (Å²) in [4.78, 5) is 31.1. The lowest BCUT2D eigenvalue weighted by Gasteiger charge is -2.25. The number of hydrogen-bond acceptors (Lipinski definition) is 5. The minimum atomic E-state index is -1.17. The molecule has 168 valence electrons. The molecular weight excluding hydrogens is 430 g/mol. The van der Waals surface area contributed by atoms with Crippen LogP contribution < -0.4 is 9.64 Å². The van der Waals surface area contributed by atoms with E-state index in [0.29, 0.717) is 11.3 Å². The van der Waals surface area contributed by atoms with Gasteiger partial charge in [0.15, 0.2) is 11.6 Å². The van der Waals surface area contributed by atoms with Crippen molar-refractivity contribution >= 4 is 23.1 Å². The number of carbonyl (C=O) groups excluding carboxylic acids is 2. The number of nitrogens with zero attached hydrogens (tertiary/aromatic N) is 2. The predicted molar refractivity (Wildman–Crippen MR) is 118 cm³/mol. The molecule has 0 saturated carbocycles. The van der Waals surface area contributed by atoms with Gasteiger partial charge in [-0.25, -0.2) is 8.78 Å². The summed E-state index contributed by atoms with van der Waals surface area (Å²) in [7, 11) is 0. The van der Waals surface area contributed by atoms with E-state index in [-0.39, 0.29) is 22.9 Å². The van der Waals surface area contributed by atoms with Crippen LogP contribution in [0.2, 0.25) is 0 Å². The largest absolute Gasteiger partial charge is 0.507 e. The van der Waals surface area contributed by atoms with Crippen molar-refractivity contribution in [3.63, 3.8) is 0 Å². The zero-order valence-electron chi connectivity index (χ0n) is 17.8. The number of halogens is 2. The van der Waals surface area contributed by atoms with Crippen molar-refractivity contribution < 1.29 is 28.2 Å². The minimum Gasteiger partial charge on any atom is -0.507 e. The highest BCUT2D eigenvalue weighted by molar-refractivity contribution is 6.51. The molecule has 0 aliphatic carbocycles. The highest BCUT2D eigenvalue weighted by atomic mass is 19.2. The fourth-order valence-electron chi connectivity index (χ4n) is 3.74. The Morgan fingerprint density at radius 2 is 1.76 bits per heavy atom. The number of ether oxygens (including phenoxy) is 1. The topological polar surface area (TPSA) is 79.7 Å². The van der Waals surface area contributed by atoms with Gasteiger partial charge in [-0.05, 0) is 55.8 Å². The Bertz CT molecular complexity index is 1260. The van der Waals surface area contributed by atoms with E-state index in [0.717, 1.165) is 17.0 Å². The summed E-state index contributed by atoms with van der Waals surface area (Å²) in [5, 5.41) is 11.1. The summed E-state index contributed by atoms with van der Waals surface area (Å²) in [5.74, 6) is -4.11. The highest BCUT2D eigenvalue weighted by Crippen LogP contribution is 2.42. The molecule has 1 unspecified atom stereocenters. The standard InChI is InChI=1S/C25H20F2N2O4/c1-14(2)33-18-5-3-4-16(12-18)23(30)21-22(15-8-10-28-11-9-15)29(25(32)24(21)31)17-6-7-19(26)20(27)13-17/h3-14,22,30H,1-2H3/b23-21+. The molecular formula is C25H20F2N2O4. The van der Waals surface area contributed by atoms with Gasteiger partial charge in [0.05, 0.1) is 17.7 Å². The van der Waals surface area contributed by atoms with Crippen molar-refractivity contribution in [1.82, 2.24) is 4.98 Å². The van der Waals surface area contributed by atoms with Gasteiger partial charge in [-0.1, -0.05) is 12.1 Å². The zero-order valence-corrected chi connectivity index (χ0v) is 17.8. The molecule has 4 rings (SSSR count). The quantitative estimate of drug-likeness (QED) is 0.344. The van der Waals surface area contributed by atoms with Crippen molar-refractivity contribution in [2.75, 3.05) is 4.90 Å². The molecule has 2 heterocycles. The Morgan fingerprint density at radius 1 is 1.03 bits per heavy atom. The van der Waals surface area contributed by atoms with Crippen LogP contribution in [-0.2, 0) is 9.59 Å². The van der Waals surface area contributed by atoms with Crippen LogP contribution in [0.4, 0.5) is 14.5 Å². The number of rotatable bonds is 5. The number of aliphatic hydroxyl groups is 1. The van der Waals surface area contributed by atoms with Gasteiger partial charge >= 0.3 is 0 Å². The van der Waals surface area contributed by atoms with Crippen molar-refractivity contribution in [3.8, 4) is 5.75 Å². The second-order valence-electron chi connectivity index (χ2n) is 7.74. The molecule has 1 amide bonds. The number of carbonyl (C=O) groups is 2. The molecule has 1 aliphatic rings. The van der Waals surface area contributed by atoms with Gasteiger partial charge in [0.1, 0.15) is 11.5 Å². The average Bonchev–Trinajstić information content (AvgIpc) is 3.06. The van der Waals surface area contributed by atoms with Gasteiger partial charge in [-0.2, -0.15) is 0 Å². The first-order valence-corrected chi connectivity index (χ1v) is 10.2. The van der Waals surface area contributed by atoms with Gasteiger partial charge in [-0.3, -0.25) is 19.5 Å². The minimum absolute atomic E-state index is 0.0197. The third kappa shape index (κ3) is 4.19. The van der Waals surface area contributed by atoms with Crippen LogP contribution >= 0.6 is 0 Å². The number of benzene rings is 2. The number of aliphatic hydroxyl groups excluding tert-OH is 1. The Balaban J connectivity index is 1.90. The van der Waals surface area contributed by atoms with Crippen LogP contribution in [0.5, 0.6) is 5.75 Å². The second-order valence-corrected chi connectivity index (χ2v) is 7.74. The first-order chi connectivity index (χ1) is 15.8.